The van der Waals surface area contributed by atoms with Gasteiger partial charge >= 0.3 is 5.97 Å². The fourth-order valence-corrected chi connectivity index (χ4v) is 2.89. The van der Waals surface area contributed by atoms with E-state index in [1.807, 2.05) is 0 Å². The summed E-state index contributed by atoms with van der Waals surface area (Å²) in [5.41, 5.74) is 0.284. The molecule has 0 aliphatic rings. The maximum absolute atomic E-state index is 13.9. The molecule has 18 heavy (non-hydrogen) atoms. The second kappa shape index (κ2) is 5.34. The van der Waals surface area contributed by atoms with Crippen LogP contribution in [0.25, 0.3) is 10.6 Å². The molecule has 0 fully saturated rings. The van der Waals surface area contributed by atoms with Crippen LogP contribution in [0.1, 0.15) is 9.67 Å². The van der Waals surface area contributed by atoms with E-state index in [0.717, 1.165) is 11.3 Å². The summed E-state index contributed by atoms with van der Waals surface area (Å²) in [7, 11) is 1.25. The van der Waals surface area contributed by atoms with Crippen molar-refractivity contribution in [3.8, 4) is 10.6 Å². The van der Waals surface area contributed by atoms with Crippen LogP contribution in [0.3, 0.4) is 0 Å². The van der Waals surface area contributed by atoms with Crippen LogP contribution in [0.4, 0.5) is 4.39 Å². The highest BCUT2D eigenvalue weighted by atomic mass is 79.9. The summed E-state index contributed by atoms with van der Waals surface area (Å²) in [6.45, 7) is 0. The van der Waals surface area contributed by atoms with Crippen LogP contribution >= 0.6 is 38.9 Å². The zero-order valence-electron chi connectivity index (χ0n) is 9.04. The summed E-state index contributed by atoms with van der Waals surface area (Å²) in [5, 5.41) is 0.348. The molecule has 1 heterocycles. The van der Waals surface area contributed by atoms with Gasteiger partial charge in [0.05, 0.1) is 11.6 Å². The fourth-order valence-electron chi connectivity index (χ4n) is 1.30. The fraction of sp³-hybridized carbons (Fsp3) is 0.0909. The normalized spacial score (nSPS) is 10.4. The van der Waals surface area contributed by atoms with Crippen molar-refractivity contribution in [2.45, 2.75) is 0 Å². The predicted molar refractivity (Wildman–Crippen MR) is 71.6 cm³/mol. The van der Waals surface area contributed by atoms with E-state index in [1.165, 1.54) is 7.11 Å². The second-order valence-corrected chi connectivity index (χ2v) is 5.44. The maximum Gasteiger partial charge on any atom is 0.351 e. The molecular weight excluding hydrogens is 345 g/mol. The highest BCUT2D eigenvalue weighted by molar-refractivity contribution is 9.10. The topological polar surface area (TPSA) is 39.2 Å². The van der Waals surface area contributed by atoms with Crippen molar-refractivity contribution in [2.24, 2.45) is 0 Å². The first-order valence-corrected chi connectivity index (χ1v) is 6.72. The third-order valence-electron chi connectivity index (χ3n) is 2.14. The Bertz CT molecular complexity index is 617. The van der Waals surface area contributed by atoms with E-state index in [0.29, 0.717) is 9.48 Å². The molecule has 0 amide bonds. The van der Waals surface area contributed by atoms with Crippen molar-refractivity contribution in [3.63, 3.8) is 0 Å². The van der Waals surface area contributed by atoms with Gasteiger partial charge in [-0.25, -0.2) is 14.2 Å². The summed E-state index contributed by atoms with van der Waals surface area (Å²) in [6, 6.07) is 4.82. The van der Waals surface area contributed by atoms with Gasteiger partial charge in [0, 0.05) is 5.56 Å². The molecule has 0 aliphatic carbocycles. The third-order valence-corrected chi connectivity index (χ3v) is 4.21. The lowest BCUT2D eigenvalue weighted by molar-refractivity contribution is 0.0606. The number of carbonyl (C=O) groups excluding carboxylic acids is 1. The Kier molecular flexibility index (Phi) is 3.99. The quantitative estimate of drug-likeness (QED) is 0.764. The summed E-state index contributed by atoms with van der Waals surface area (Å²) < 4.78 is 18.8. The molecule has 2 aromatic rings. The average molecular weight is 351 g/mol. The summed E-state index contributed by atoms with van der Waals surface area (Å²) in [6.07, 6.45) is 0. The van der Waals surface area contributed by atoms with Crippen molar-refractivity contribution in [3.05, 3.63) is 38.5 Å². The number of thiazole rings is 1. The first-order valence-electron chi connectivity index (χ1n) is 4.73. The molecule has 1 aromatic heterocycles. The van der Waals surface area contributed by atoms with E-state index < -0.39 is 11.8 Å². The van der Waals surface area contributed by atoms with Crippen LogP contribution in [0.2, 0.25) is 5.15 Å². The lowest BCUT2D eigenvalue weighted by Crippen LogP contribution is -1.98. The zero-order valence-corrected chi connectivity index (χ0v) is 12.2. The SMILES string of the molecule is COC(=O)c1sc(-c2cccc(Br)c2F)nc1Cl. The van der Waals surface area contributed by atoms with E-state index >= 15 is 0 Å². The van der Waals surface area contributed by atoms with E-state index in [1.54, 1.807) is 18.2 Å². The molecule has 0 saturated heterocycles. The van der Waals surface area contributed by atoms with Crippen LogP contribution < -0.4 is 0 Å². The zero-order chi connectivity index (χ0) is 13.3. The van der Waals surface area contributed by atoms with Gasteiger partial charge in [-0.15, -0.1) is 11.3 Å². The summed E-state index contributed by atoms with van der Waals surface area (Å²) in [5.74, 6) is -1.03. The summed E-state index contributed by atoms with van der Waals surface area (Å²) in [4.78, 5) is 15.5. The molecular formula is C11H6BrClFNO2S. The van der Waals surface area contributed by atoms with Gasteiger partial charge < -0.3 is 4.74 Å². The number of esters is 1. The van der Waals surface area contributed by atoms with Crippen LogP contribution in [-0.2, 0) is 4.74 Å². The monoisotopic (exact) mass is 349 g/mol. The molecule has 0 saturated carbocycles. The molecule has 0 spiro atoms. The van der Waals surface area contributed by atoms with Crippen molar-refractivity contribution in [1.29, 1.82) is 0 Å². The van der Waals surface area contributed by atoms with Gasteiger partial charge in [-0.2, -0.15) is 0 Å². The Morgan fingerprint density at radius 3 is 2.94 bits per heavy atom. The molecule has 0 atom stereocenters. The number of ether oxygens (including phenoxy) is 1. The second-order valence-electron chi connectivity index (χ2n) is 3.23. The molecule has 0 radical (unpaired) electrons. The number of halogens is 3. The molecule has 94 valence electrons. The molecule has 0 bridgehead atoms. The lowest BCUT2D eigenvalue weighted by Gasteiger charge is -1.99. The number of hydrogen-bond acceptors (Lipinski definition) is 4. The van der Waals surface area contributed by atoms with Crippen molar-refractivity contribution in [2.75, 3.05) is 7.11 Å². The highest BCUT2D eigenvalue weighted by Crippen LogP contribution is 2.34. The van der Waals surface area contributed by atoms with E-state index in [9.17, 15) is 9.18 Å². The number of carbonyl (C=O) groups is 1. The Hall–Kier alpha value is -0.980. The third kappa shape index (κ3) is 2.41. The molecule has 0 N–H and O–H groups in total. The van der Waals surface area contributed by atoms with Crippen molar-refractivity contribution in [1.82, 2.24) is 4.98 Å². The minimum atomic E-state index is -0.584. The minimum Gasteiger partial charge on any atom is -0.465 e. The first-order chi connectivity index (χ1) is 8.54. The molecule has 0 unspecified atom stereocenters. The van der Waals surface area contributed by atoms with Gasteiger partial charge in [0.1, 0.15) is 10.8 Å². The largest absolute Gasteiger partial charge is 0.465 e. The average Bonchev–Trinajstić information content (AvgIpc) is 2.73. The highest BCUT2D eigenvalue weighted by Gasteiger charge is 2.20. The summed E-state index contributed by atoms with van der Waals surface area (Å²) >= 11 is 9.90. The van der Waals surface area contributed by atoms with Crippen LogP contribution in [-0.4, -0.2) is 18.1 Å². The van der Waals surface area contributed by atoms with Crippen molar-refractivity contribution < 1.29 is 13.9 Å². The van der Waals surface area contributed by atoms with Crippen LogP contribution in [0, 0.1) is 5.82 Å². The number of hydrogen-bond donors (Lipinski definition) is 0. The Balaban J connectivity index is 2.53. The number of nitrogens with zero attached hydrogens (tertiary/aromatic N) is 1. The minimum absolute atomic E-state index is 0.0150. The standard InChI is InChI=1S/C11H6BrClFNO2S/c1-17-11(16)8-9(13)15-10(18-8)5-3-2-4-6(12)7(5)14/h2-4H,1H3. The number of aromatic nitrogens is 1. The van der Waals surface area contributed by atoms with Crippen LogP contribution in [0.15, 0.2) is 22.7 Å². The maximum atomic E-state index is 13.9. The molecule has 1 aromatic carbocycles. The van der Waals surface area contributed by atoms with Gasteiger partial charge in [-0.3, -0.25) is 0 Å². The van der Waals surface area contributed by atoms with Gasteiger partial charge in [0.25, 0.3) is 0 Å². The van der Waals surface area contributed by atoms with Gasteiger partial charge in [-0.05, 0) is 28.1 Å². The molecule has 7 heteroatoms. The van der Waals surface area contributed by atoms with Crippen LogP contribution in [0.5, 0.6) is 0 Å². The van der Waals surface area contributed by atoms with Crippen molar-refractivity contribution >= 4 is 44.8 Å². The Morgan fingerprint density at radius 2 is 2.28 bits per heavy atom. The van der Waals surface area contributed by atoms with E-state index in [2.05, 4.69) is 25.7 Å². The van der Waals surface area contributed by atoms with E-state index in [-0.39, 0.29) is 15.6 Å². The first kappa shape index (κ1) is 13.5. The molecule has 2 rings (SSSR count). The number of rotatable bonds is 2. The smallest absolute Gasteiger partial charge is 0.351 e. The van der Waals surface area contributed by atoms with E-state index in [4.69, 9.17) is 11.6 Å². The lowest BCUT2D eigenvalue weighted by atomic mass is 10.2. The van der Waals surface area contributed by atoms with Gasteiger partial charge in [0.15, 0.2) is 10.0 Å². The number of methoxy groups -OCH3 is 1. The number of benzene rings is 1. The molecule has 3 nitrogen and oxygen atoms in total. The molecule has 0 aliphatic heterocycles. The van der Waals surface area contributed by atoms with Gasteiger partial charge in [0.2, 0.25) is 0 Å². The predicted octanol–water partition coefficient (Wildman–Crippen LogP) is 4.15. The Labute approximate surface area is 120 Å². The Morgan fingerprint density at radius 1 is 1.56 bits per heavy atom. The van der Waals surface area contributed by atoms with Gasteiger partial charge in [-0.1, -0.05) is 17.7 Å².